The number of nitrogens with one attached hydrogen (secondary N) is 3. The zero-order valence-electron chi connectivity index (χ0n) is 29.4. The molecule has 0 aliphatic carbocycles. The largest absolute Gasteiger partial charge is 0.465 e. The summed E-state index contributed by atoms with van der Waals surface area (Å²) in [5, 5.41) is 28.0. The molecule has 3 heterocycles. The molecule has 1 saturated heterocycles. The fourth-order valence-corrected chi connectivity index (χ4v) is 7.29. The minimum atomic E-state index is -1.13. The standard InChI is InChI=1S/C36H52N6O6S/c1-23-29(49-22-38-23)24-15-17-25(18-16-24)36(5)33(46)40-31(41-36)27-20-26(43)21-42(27)32(45)30(35(2,3)4)39-28(44)14-12-10-8-6-7-9-11-13-19-37-34(47)48/h15-18,22,26-27,30,37,43H,6-14,19-21H2,1-5H3,(H,39,44)(H,47,48)(H,40,41,46)/t26-,27+,30?,36+/m1/s1. The highest BCUT2D eigenvalue weighted by molar-refractivity contribution is 7.13. The molecule has 2 aliphatic heterocycles. The van der Waals surface area contributed by atoms with Crippen LogP contribution in [-0.4, -0.2) is 81.0 Å². The fourth-order valence-electron chi connectivity index (χ4n) is 6.48. The van der Waals surface area contributed by atoms with Crippen molar-refractivity contribution in [3.05, 3.63) is 41.0 Å². The summed E-state index contributed by atoms with van der Waals surface area (Å²) in [5.41, 5.74) is 2.78. The van der Waals surface area contributed by atoms with E-state index >= 15 is 0 Å². The molecule has 1 fully saturated rings. The van der Waals surface area contributed by atoms with Crippen molar-refractivity contribution in [3.63, 3.8) is 0 Å². The molecule has 1 aromatic carbocycles. The van der Waals surface area contributed by atoms with Crippen LogP contribution >= 0.6 is 11.3 Å². The lowest BCUT2D eigenvalue weighted by atomic mass is 9.85. The summed E-state index contributed by atoms with van der Waals surface area (Å²) < 4.78 is 0. The van der Waals surface area contributed by atoms with E-state index in [1.165, 1.54) is 0 Å². The molecule has 2 aliphatic rings. The first-order valence-corrected chi connectivity index (χ1v) is 18.3. The Kier molecular flexibility index (Phi) is 12.9. The van der Waals surface area contributed by atoms with Gasteiger partial charge in [-0.05, 0) is 43.2 Å². The number of rotatable bonds is 16. The molecule has 0 saturated carbocycles. The number of thiazole rings is 1. The number of benzene rings is 1. The number of amides is 4. The molecule has 5 N–H and O–H groups in total. The number of carbonyl (C=O) groups excluding carboxylic acids is 3. The molecule has 0 bridgehead atoms. The third-order valence-electron chi connectivity index (χ3n) is 9.40. The van der Waals surface area contributed by atoms with Crippen molar-refractivity contribution in [2.45, 2.75) is 123 Å². The van der Waals surface area contributed by atoms with Crippen LogP contribution in [0.2, 0.25) is 0 Å². The Bertz CT molecular complexity index is 1500. The molecule has 4 rings (SSSR count). The summed E-state index contributed by atoms with van der Waals surface area (Å²) in [6, 6.07) is 6.28. The van der Waals surface area contributed by atoms with Crippen LogP contribution in [0.5, 0.6) is 0 Å². The van der Waals surface area contributed by atoms with Gasteiger partial charge in [0.2, 0.25) is 11.8 Å². The number of carbonyl (C=O) groups is 4. The molecule has 13 heteroatoms. The summed E-state index contributed by atoms with van der Waals surface area (Å²) in [4.78, 5) is 62.3. The van der Waals surface area contributed by atoms with Crippen molar-refractivity contribution in [2.24, 2.45) is 10.4 Å². The molecule has 12 nitrogen and oxygen atoms in total. The number of hydrogen-bond acceptors (Lipinski definition) is 8. The van der Waals surface area contributed by atoms with E-state index in [0.29, 0.717) is 18.8 Å². The van der Waals surface area contributed by atoms with Crippen LogP contribution in [0.15, 0.2) is 34.8 Å². The molecule has 268 valence electrons. The number of aryl methyl sites for hydroxylation is 1. The quantitative estimate of drug-likeness (QED) is 0.150. The number of unbranched alkanes of at least 4 members (excludes halogenated alkanes) is 7. The number of aromatic nitrogens is 1. The first-order valence-electron chi connectivity index (χ1n) is 17.4. The zero-order chi connectivity index (χ0) is 35.8. The van der Waals surface area contributed by atoms with E-state index in [-0.39, 0.29) is 30.7 Å². The topological polar surface area (TPSA) is 173 Å². The fraction of sp³-hybridized carbons (Fsp3) is 0.611. The van der Waals surface area contributed by atoms with Crippen LogP contribution in [0.1, 0.15) is 103 Å². The SMILES string of the molecule is Cc1ncsc1-c1ccc([C@]2(C)NC([C@@H]3C[C@@H](O)CN3C(=O)C(NC(=O)CCCCCCCCCCNC(=O)O)C(C)(C)C)=NC2=O)cc1. The number of aliphatic imine (C=N–C) groups is 1. The van der Waals surface area contributed by atoms with Crippen molar-refractivity contribution in [2.75, 3.05) is 13.1 Å². The minimum absolute atomic E-state index is 0.0799. The summed E-state index contributed by atoms with van der Waals surface area (Å²) in [7, 11) is 0. The highest BCUT2D eigenvalue weighted by atomic mass is 32.1. The van der Waals surface area contributed by atoms with Gasteiger partial charge in [-0.3, -0.25) is 14.4 Å². The molecule has 4 amide bonds. The van der Waals surface area contributed by atoms with E-state index in [0.717, 1.165) is 73.1 Å². The Morgan fingerprint density at radius 3 is 2.29 bits per heavy atom. The molecular formula is C36H52N6O6S. The number of carboxylic acid groups (broad SMARTS) is 1. The van der Waals surface area contributed by atoms with Crippen LogP contribution in [0.25, 0.3) is 10.4 Å². The number of amidine groups is 1. The van der Waals surface area contributed by atoms with Gasteiger partial charge in [0.1, 0.15) is 17.4 Å². The second-order valence-electron chi connectivity index (χ2n) is 14.5. The van der Waals surface area contributed by atoms with E-state index in [9.17, 15) is 24.3 Å². The van der Waals surface area contributed by atoms with Gasteiger partial charge in [-0.15, -0.1) is 11.3 Å². The van der Waals surface area contributed by atoms with Gasteiger partial charge in [0.15, 0.2) is 0 Å². The Hall–Kier alpha value is -3.84. The third-order valence-corrected chi connectivity index (χ3v) is 10.4. The van der Waals surface area contributed by atoms with Crippen molar-refractivity contribution < 1.29 is 29.4 Å². The monoisotopic (exact) mass is 696 g/mol. The second kappa shape index (κ2) is 16.7. The number of nitrogens with zero attached hydrogens (tertiary/aromatic N) is 3. The van der Waals surface area contributed by atoms with E-state index in [2.05, 4.69) is 25.9 Å². The molecule has 2 aromatic rings. The maximum Gasteiger partial charge on any atom is 0.404 e. The van der Waals surface area contributed by atoms with E-state index in [4.69, 9.17) is 5.11 Å². The van der Waals surface area contributed by atoms with Crippen LogP contribution in [0.3, 0.4) is 0 Å². The number of hydrogen-bond donors (Lipinski definition) is 5. The summed E-state index contributed by atoms with van der Waals surface area (Å²) in [6.07, 6.45) is 6.43. The highest BCUT2D eigenvalue weighted by Gasteiger charge is 2.49. The lowest BCUT2D eigenvalue weighted by molar-refractivity contribution is -0.139. The zero-order valence-corrected chi connectivity index (χ0v) is 30.2. The molecular weight excluding hydrogens is 644 g/mol. The maximum atomic E-state index is 14.1. The normalized spacial score (nSPS) is 21.3. The van der Waals surface area contributed by atoms with E-state index in [1.807, 2.05) is 57.5 Å². The summed E-state index contributed by atoms with van der Waals surface area (Å²) >= 11 is 1.56. The van der Waals surface area contributed by atoms with Crippen molar-refractivity contribution in [3.8, 4) is 10.4 Å². The average Bonchev–Trinajstić information content (AvgIpc) is 3.74. The van der Waals surface area contributed by atoms with Gasteiger partial charge in [0.25, 0.3) is 5.91 Å². The smallest absolute Gasteiger partial charge is 0.404 e. The molecule has 0 spiro atoms. The average molecular weight is 697 g/mol. The van der Waals surface area contributed by atoms with Crippen LogP contribution < -0.4 is 16.0 Å². The van der Waals surface area contributed by atoms with Gasteiger partial charge in [-0.2, -0.15) is 4.99 Å². The van der Waals surface area contributed by atoms with Crippen LogP contribution in [0, 0.1) is 12.3 Å². The highest BCUT2D eigenvalue weighted by Crippen LogP contribution is 2.34. The van der Waals surface area contributed by atoms with Crippen LogP contribution in [-0.2, 0) is 19.9 Å². The van der Waals surface area contributed by atoms with Crippen molar-refractivity contribution in [1.29, 1.82) is 0 Å². The maximum absolute atomic E-state index is 14.1. The Morgan fingerprint density at radius 1 is 1.06 bits per heavy atom. The second-order valence-corrected chi connectivity index (χ2v) is 15.3. The van der Waals surface area contributed by atoms with E-state index < -0.39 is 35.2 Å². The minimum Gasteiger partial charge on any atom is -0.465 e. The number of β-amino-alcohol motifs (C(OH)–C–C–N with tert-alkyl or cyclic N) is 1. The molecule has 4 atom stereocenters. The van der Waals surface area contributed by atoms with Crippen LogP contribution in [0.4, 0.5) is 4.79 Å². The van der Waals surface area contributed by atoms with Gasteiger partial charge >= 0.3 is 6.09 Å². The first-order chi connectivity index (χ1) is 23.2. The predicted octanol–water partition coefficient (Wildman–Crippen LogP) is 5.13. The third kappa shape index (κ3) is 9.87. The van der Waals surface area contributed by atoms with Gasteiger partial charge in [0, 0.05) is 25.9 Å². The summed E-state index contributed by atoms with van der Waals surface area (Å²) in [6.45, 7) is 10.0. The Morgan fingerprint density at radius 2 is 1.69 bits per heavy atom. The van der Waals surface area contributed by atoms with Gasteiger partial charge < -0.3 is 31.1 Å². The van der Waals surface area contributed by atoms with Gasteiger partial charge in [-0.25, -0.2) is 9.78 Å². The molecule has 49 heavy (non-hydrogen) atoms. The molecule has 0 radical (unpaired) electrons. The Balaban J connectivity index is 1.31. The van der Waals surface area contributed by atoms with E-state index in [1.54, 1.807) is 23.2 Å². The lowest BCUT2D eigenvalue weighted by Crippen LogP contribution is -2.58. The predicted molar refractivity (Wildman–Crippen MR) is 190 cm³/mol. The number of aliphatic hydroxyl groups is 1. The lowest BCUT2D eigenvalue weighted by Gasteiger charge is -2.36. The molecule has 1 aromatic heterocycles. The Labute approximate surface area is 293 Å². The van der Waals surface area contributed by atoms with Gasteiger partial charge in [0.05, 0.1) is 28.2 Å². The number of aliphatic hydroxyl groups excluding tert-OH is 1. The molecule has 1 unspecified atom stereocenters. The summed E-state index contributed by atoms with van der Waals surface area (Å²) in [5.74, 6) is -0.523. The van der Waals surface area contributed by atoms with Gasteiger partial charge in [-0.1, -0.05) is 83.6 Å². The number of likely N-dealkylation sites (tertiary alicyclic amines) is 1. The van der Waals surface area contributed by atoms with Crippen molar-refractivity contribution in [1.82, 2.24) is 25.8 Å². The first kappa shape index (κ1) is 38.0. The van der Waals surface area contributed by atoms with Crippen molar-refractivity contribution >= 4 is 41.0 Å².